The van der Waals surface area contributed by atoms with Gasteiger partial charge < -0.3 is 40.3 Å². The molecule has 10 heteroatoms. The molecular formula is C15H27NO9. The number of hydrogen-bond donors (Lipinski definition) is 6. The van der Waals surface area contributed by atoms with E-state index in [1.165, 1.54) is 0 Å². The van der Waals surface area contributed by atoms with Crippen LogP contribution in [0, 0.1) is 0 Å². The van der Waals surface area contributed by atoms with Crippen molar-refractivity contribution in [3.05, 3.63) is 0 Å². The Bertz CT molecular complexity index is 492. The molecule has 146 valence electrons. The SMILES string of the molecule is CC(=O)N[C@@H]1[C@@H](O)CC(O)(C(=O)OC(C)(C)C)O[C@H]1C(O)C(O)CO. The number of hydrogen-bond acceptors (Lipinski definition) is 9. The lowest BCUT2D eigenvalue weighted by Gasteiger charge is -2.45. The van der Waals surface area contributed by atoms with Crippen LogP contribution in [-0.4, -0.2) is 85.9 Å². The zero-order valence-electron chi connectivity index (χ0n) is 14.7. The summed E-state index contributed by atoms with van der Waals surface area (Å²) in [5, 5.41) is 51.8. The van der Waals surface area contributed by atoms with E-state index in [0.29, 0.717) is 0 Å². The molecule has 0 aromatic rings. The standard InChI is InChI=1S/C15H27NO9/c1-7(18)16-10-8(19)5-15(23,13(22)25-14(2,3)4)24-12(10)11(21)9(20)6-17/h8-12,17,19-21,23H,5-6H2,1-4H3,(H,16,18)/t8-,9?,10+,11?,12+,15?/m0/s1. The number of carbonyl (C=O) groups is 2. The van der Waals surface area contributed by atoms with E-state index in [-0.39, 0.29) is 0 Å². The van der Waals surface area contributed by atoms with Gasteiger partial charge in [0.15, 0.2) is 0 Å². The fraction of sp³-hybridized carbons (Fsp3) is 0.867. The first-order valence-corrected chi connectivity index (χ1v) is 7.86. The molecule has 1 amide bonds. The molecule has 0 bridgehead atoms. The Morgan fingerprint density at radius 1 is 1.36 bits per heavy atom. The lowest BCUT2D eigenvalue weighted by Crippen LogP contribution is -2.67. The molecule has 0 spiro atoms. The van der Waals surface area contributed by atoms with E-state index in [4.69, 9.17) is 14.6 Å². The predicted molar refractivity (Wildman–Crippen MR) is 83.0 cm³/mol. The Kier molecular flexibility index (Phi) is 6.90. The summed E-state index contributed by atoms with van der Waals surface area (Å²) in [6.45, 7) is 5.02. The Morgan fingerprint density at radius 2 is 1.92 bits per heavy atom. The zero-order chi connectivity index (χ0) is 19.6. The van der Waals surface area contributed by atoms with E-state index in [1.54, 1.807) is 20.8 Å². The normalized spacial score (nSPS) is 32.6. The van der Waals surface area contributed by atoms with Crippen molar-refractivity contribution in [1.82, 2.24) is 5.32 Å². The van der Waals surface area contributed by atoms with Crippen LogP contribution >= 0.6 is 0 Å². The topological polar surface area (TPSA) is 166 Å². The van der Waals surface area contributed by atoms with Gasteiger partial charge in [0.2, 0.25) is 5.91 Å². The molecule has 1 aliphatic heterocycles. The van der Waals surface area contributed by atoms with Crippen molar-refractivity contribution in [2.45, 2.75) is 76.0 Å². The Balaban J connectivity index is 3.12. The van der Waals surface area contributed by atoms with Gasteiger partial charge in [-0.2, -0.15) is 0 Å². The maximum absolute atomic E-state index is 12.2. The molecular weight excluding hydrogens is 338 g/mol. The van der Waals surface area contributed by atoms with Gasteiger partial charge >= 0.3 is 5.97 Å². The maximum atomic E-state index is 12.2. The van der Waals surface area contributed by atoms with Crippen LogP contribution in [0.1, 0.15) is 34.1 Å². The van der Waals surface area contributed by atoms with Gasteiger partial charge in [-0.25, -0.2) is 4.79 Å². The van der Waals surface area contributed by atoms with E-state index in [2.05, 4.69) is 5.32 Å². The van der Waals surface area contributed by atoms with Crippen molar-refractivity contribution in [1.29, 1.82) is 0 Å². The third-order valence-electron chi connectivity index (χ3n) is 3.59. The average Bonchev–Trinajstić information content (AvgIpc) is 2.46. The smallest absolute Gasteiger partial charge is 0.367 e. The molecule has 1 fully saturated rings. The summed E-state index contributed by atoms with van der Waals surface area (Å²) in [7, 11) is 0. The Morgan fingerprint density at radius 3 is 2.36 bits per heavy atom. The zero-order valence-corrected chi connectivity index (χ0v) is 14.7. The molecule has 1 aliphatic rings. The molecule has 3 unspecified atom stereocenters. The van der Waals surface area contributed by atoms with Gasteiger partial charge in [0.05, 0.1) is 18.8 Å². The molecule has 0 saturated carbocycles. The van der Waals surface area contributed by atoms with Crippen LogP contribution in [-0.2, 0) is 19.1 Å². The van der Waals surface area contributed by atoms with Gasteiger partial charge in [-0.3, -0.25) is 4.79 Å². The predicted octanol–water partition coefficient (Wildman–Crippen LogP) is -2.61. The lowest BCUT2D eigenvalue weighted by atomic mass is 9.88. The summed E-state index contributed by atoms with van der Waals surface area (Å²) in [5.74, 6) is -4.34. The number of rotatable bonds is 5. The second-order valence-electron chi connectivity index (χ2n) is 7.11. The van der Waals surface area contributed by atoms with Gasteiger partial charge in [0.1, 0.15) is 23.9 Å². The van der Waals surface area contributed by atoms with Crippen LogP contribution in [0.25, 0.3) is 0 Å². The highest BCUT2D eigenvalue weighted by Crippen LogP contribution is 2.32. The first-order valence-electron chi connectivity index (χ1n) is 7.86. The Labute approximate surface area is 145 Å². The van der Waals surface area contributed by atoms with Crippen molar-refractivity contribution in [2.75, 3.05) is 6.61 Å². The highest BCUT2D eigenvalue weighted by molar-refractivity contribution is 5.78. The fourth-order valence-electron chi connectivity index (χ4n) is 2.49. The maximum Gasteiger partial charge on any atom is 0.367 e. The first kappa shape index (κ1) is 21.7. The average molecular weight is 365 g/mol. The summed E-state index contributed by atoms with van der Waals surface area (Å²) in [6.07, 6.45) is -7.17. The minimum absolute atomic E-state index is 0.564. The van der Waals surface area contributed by atoms with E-state index in [1.807, 2.05) is 0 Å². The molecule has 25 heavy (non-hydrogen) atoms. The van der Waals surface area contributed by atoms with E-state index in [9.17, 15) is 30.0 Å². The molecule has 10 nitrogen and oxygen atoms in total. The second-order valence-corrected chi connectivity index (χ2v) is 7.11. The molecule has 1 rings (SSSR count). The number of nitrogens with one attached hydrogen (secondary N) is 1. The minimum Gasteiger partial charge on any atom is -0.456 e. The van der Waals surface area contributed by atoms with Crippen molar-refractivity contribution in [2.24, 2.45) is 0 Å². The third kappa shape index (κ3) is 5.59. The summed E-state index contributed by atoms with van der Waals surface area (Å²) in [4.78, 5) is 23.6. The van der Waals surface area contributed by atoms with Crippen molar-refractivity contribution < 1.29 is 44.6 Å². The van der Waals surface area contributed by atoms with Crippen LogP contribution < -0.4 is 5.32 Å². The van der Waals surface area contributed by atoms with Crippen LogP contribution in [0.2, 0.25) is 0 Å². The van der Waals surface area contributed by atoms with Gasteiger partial charge in [0, 0.05) is 13.3 Å². The summed E-state index contributed by atoms with van der Waals surface area (Å²) < 4.78 is 10.3. The molecule has 0 radical (unpaired) electrons. The van der Waals surface area contributed by atoms with Crippen LogP contribution in [0.4, 0.5) is 0 Å². The molecule has 0 aromatic carbocycles. The van der Waals surface area contributed by atoms with Crippen molar-refractivity contribution >= 4 is 11.9 Å². The number of aliphatic hydroxyl groups excluding tert-OH is 4. The van der Waals surface area contributed by atoms with Gasteiger partial charge in [-0.15, -0.1) is 0 Å². The summed E-state index contributed by atoms with van der Waals surface area (Å²) in [5.41, 5.74) is -0.950. The van der Waals surface area contributed by atoms with E-state index >= 15 is 0 Å². The molecule has 0 aliphatic carbocycles. The van der Waals surface area contributed by atoms with E-state index in [0.717, 1.165) is 6.92 Å². The number of carbonyl (C=O) groups excluding carboxylic acids is 2. The molecule has 0 aromatic heterocycles. The number of ether oxygens (including phenoxy) is 2. The Hall–Kier alpha value is -1.30. The minimum atomic E-state index is -2.59. The van der Waals surface area contributed by atoms with Gasteiger partial charge in [-0.1, -0.05) is 0 Å². The van der Waals surface area contributed by atoms with Crippen molar-refractivity contribution in [3.63, 3.8) is 0 Å². The first-order chi connectivity index (χ1) is 11.3. The third-order valence-corrected chi connectivity index (χ3v) is 3.59. The summed E-state index contributed by atoms with van der Waals surface area (Å²) in [6, 6.07) is -1.23. The quantitative estimate of drug-likeness (QED) is 0.286. The van der Waals surface area contributed by atoms with E-state index < -0.39 is 66.8 Å². The lowest BCUT2D eigenvalue weighted by molar-refractivity contribution is -0.300. The molecule has 6 atom stereocenters. The fourth-order valence-corrected chi connectivity index (χ4v) is 2.49. The molecule has 1 saturated heterocycles. The molecule has 6 N–H and O–H groups in total. The van der Waals surface area contributed by atoms with Crippen LogP contribution in [0.5, 0.6) is 0 Å². The van der Waals surface area contributed by atoms with Gasteiger partial charge in [-0.05, 0) is 20.8 Å². The monoisotopic (exact) mass is 365 g/mol. The molecule has 1 heterocycles. The van der Waals surface area contributed by atoms with Crippen LogP contribution in [0.15, 0.2) is 0 Å². The van der Waals surface area contributed by atoms with Gasteiger partial charge in [0.25, 0.3) is 5.79 Å². The number of aliphatic hydroxyl groups is 5. The number of esters is 1. The van der Waals surface area contributed by atoms with Crippen molar-refractivity contribution in [3.8, 4) is 0 Å². The largest absolute Gasteiger partial charge is 0.456 e. The highest BCUT2D eigenvalue weighted by Gasteiger charge is 2.55. The highest BCUT2D eigenvalue weighted by atomic mass is 16.7. The van der Waals surface area contributed by atoms with Crippen LogP contribution in [0.3, 0.4) is 0 Å². The number of amides is 1. The second kappa shape index (κ2) is 7.94. The summed E-state index contributed by atoms with van der Waals surface area (Å²) >= 11 is 0.